The van der Waals surface area contributed by atoms with Gasteiger partial charge >= 0.3 is 0 Å². The van der Waals surface area contributed by atoms with Crippen LogP contribution in [0.1, 0.15) is 59.3 Å². The van der Waals surface area contributed by atoms with Gasteiger partial charge in [-0.05, 0) is 67.9 Å². The molecule has 3 saturated heterocycles. The highest BCUT2D eigenvalue weighted by Crippen LogP contribution is 2.35. The molecular weight excluding hydrogens is 480 g/mol. The maximum atomic E-state index is 13.6. The van der Waals surface area contributed by atoms with Crippen LogP contribution in [0, 0.1) is 23.7 Å². The van der Waals surface area contributed by atoms with E-state index in [2.05, 4.69) is 36.6 Å². The van der Waals surface area contributed by atoms with Crippen molar-refractivity contribution in [2.75, 3.05) is 18.9 Å². The lowest BCUT2D eigenvalue weighted by atomic mass is 9.85. The minimum atomic E-state index is -1.34. The van der Waals surface area contributed by atoms with Gasteiger partial charge < -0.3 is 35.4 Å². The second kappa shape index (κ2) is 12.9. The second-order valence-corrected chi connectivity index (χ2v) is 12.8. The number of carbonyl (C=O) groups is 1. The Hall–Kier alpha value is -0.680. The molecule has 0 unspecified atom stereocenters. The molecule has 9 heteroatoms. The van der Waals surface area contributed by atoms with E-state index in [1.807, 2.05) is 6.92 Å². The topological polar surface area (TPSA) is 120 Å². The number of amides is 1. The van der Waals surface area contributed by atoms with Crippen molar-refractivity contribution in [3.05, 3.63) is 12.2 Å². The van der Waals surface area contributed by atoms with Gasteiger partial charge in [-0.15, -0.1) is 11.8 Å². The van der Waals surface area contributed by atoms with Crippen molar-refractivity contribution in [3.8, 4) is 0 Å². The molecule has 3 fully saturated rings. The highest BCUT2D eigenvalue weighted by atomic mass is 32.2. The lowest BCUT2D eigenvalue weighted by molar-refractivity contribution is -0.207. The van der Waals surface area contributed by atoms with Crippen molar-refractivity contribution in [1.82, 2.24) is 10.6 Å². The summed E-state index contributed by atoms with van der Waals surface area (Å²) in [5.74, 6) is 2.06. The highest BCUT2D eigenvalue weighted by Gasteiger charge is 2.49. The molecule has 0 spiro atoms. The quantitative estimate of drug-likeness (QED) is 0.352. The van der Waals surface area contributed by atoms with Gasteiger partial charge in [0, 0.05) is 13.2 Å². The van der Waals surface area contributed by atoms with Gasteiger partial charge in [0.15, 0.2) is 0 Å². The third-order valence-corrected chi connectivity index (χ3v) is 9.52. The van der Waals surface area contributed by atoms with E-state index in [0.29, 0.717) is 24.4 Å². The number of hydrogen-bond donors (Lipinski definition) is 5. The Labute approximate surface area is 220 Å². The van der Waals surface area contributed by atoms with Gasteiger partial charge in [0.05, 0.1) is 12.1 Å². The van der Waals surface area contributed by atoms with Crippen LogP contribution < -0.4 is 10.6 Å². The molecule has 1 amide bonds. The SMILES string of the molecule is CC(C)C[C@@H]1CCO[C@@H]2[C@H](CN[C@@H]2C(=O)N[C@H]2[C@H]3O[C@H](SCCCC/C=C\[C@@H]2C)[C@H](O)[C@@H](O)[C@H]3O)C1. The van der Waals surface area contributed by atoms with Crippen LogP contribution in [-0.2, 0) is 14.3 Å². The predicted molar refractivity (Wildman–Crippen MR) is 140 cm³/mol. The van der Waals surface area contributed by atoms with E-state index < -0.39 is 41.9 Å². The zero-order chi connectivity index (χ0) is 25.8. The van der Waals surface area contributed by atoms with Gasteiger partial charge in [0.2, 0.25) is 5.91 Å². The molecule has 5 N–H and O–H groups in total. The molecule has 0 aromatic carbocycles. The molecule has 0 aromatic heterocycles. The van der Waals surface area contributed by atoms with Crippen LogP contribution in [0.15, 0.2) is 12.2 Å². The molecule has 4 heterocycles. The van der Waals surface area contributed by atoms with Gasteiger partial charge in [-0.25, -0.2) is 0 Å². The Morgan fingerprint density at radius 2 is 1.97 bits per heavy atom. The Morgan fingerprint density at radius 1 is 1.17 bits per heavy atom. The molecule has 206 valence electrons. The van der Waals surface area contributed by atoms with Crippen molar-refractivity contribution in [2.45, 2.75) is 107 Å². The average Bonchev–Trinajstić information content (AvgIpc) is 3.12. The Kier molecular flexibility index (Phi) is 10.2. The van der Waals surface area contributed by atoms with E-state index in [9.17, 15) is 20.1 Å². The first kappa shape index (κ1) is 28.3. The molecule has 36 heavy (non-hydrogen) atoms. The lowest BCUT2D eigenvalue weighted by Crippen LogP contribution is -2.65. The summed E-state index contributed by atoms with van der Waals surface area (Å²) >= 11 is 1.46. The van der Waals surface area contributed by atoms with E-state index >= 15 is 0 Å². The first-order valence-electron chi connectivity index (χ1n) is 13.9. The summed E-state index contributed by atoms with van der Waals surface area (Å²) in [5, 5.41) is 38.6. The van der Waals surface area contributed by atoms with Gasteiger partial charge in [-0.2, -0.15) is 0 Å². The molecule has 4 aliphatic heterocycles. The third kappa shape index (κ3) is 6.65. The maximum Gasteiger partial charge on any atom is 0.240 e. The first-order valence-corrected chi connectivity index (χ1v) is 14.9. The Bertz CT molecular complexity index is 754. The first-order chi connectivity index (χ1) is 17.3. The van der Waals surface area contributed by atoms with Crippen LogP contribution in [0.2, 0.25) is 0 Å². The van der Waals surface area contributed by atoms with Crippen molar-refractivity contribution < 1.29 is 29.6 Å². The minimum absolute atomic E-state index is 0.135. The third-order valence-electron chi connectivity index (χ3n) is 8.28. The fraction of sp³-hybridized carbons (Fsp3) is 0.889. The summed E-state index contributed by atoms with van der Waals surface area (Å²) in [6.07, 6.45) is 5.57. The van der Waals surface area contributed by atoms with Crippen molar-refractivity contribution in [2.24, 2.45) is 23.7 Å². The second-order valence-electron chi connectivity index (χ2n) is 11.6. The number of carbonyl (C=O) groups excluding carboxylic acids is 1. The van der Waals surface area contributed by atoms with Crippen molar-refractivity contribution >= 4 is 17.7 Å². The molecule has 4 rings (SSSR count). The van der Waals surface area contributed by atoms with Crippen LogP contribution in [-0.4, -0.2) is 88.2 Å². The van der Waals surface area contributed by atoms with E-state index in [1.54, 1.807) is 0 Å². The number of nitrogens with one attached hydrogen (secondary N) is 2. The smallest absolute Gasteiger partial charge is 0.240 e. The standard InChI is InChI=1S/C27H46N2O6S/c1-15(2)12-17-9-10-34-24-18(13-17)14-28-20(24)26(33)29-19-16(3)8-6-4-5-7-11-36-27-23(32)21(30)22(31)25(19)35-27/h6,8,15-25,27-28,30-32H,4-5,7,9-14H2,1-3H3,(H,29,33)/b8-6-/t16-,17-,18-,19+,20-,21-,22+,23+,24+,25+,27+/m0/s1. The van der Waals surface area contributed by atoms with E-state index in [-0.39, 0.29) is 17.9 Å². The number of thioether (sulfide) groups is 1. The van der Waals surface area contributed by atoms with Crippen LogP contribution in [0.25, 0.3) is 0 Å². The molecule has 11 atom stereocenters. The van der Waals surface area contributed by atoms with E-state index in [4.69, 9.17) is 9.47 Å². The molecular formula is C27H46N2O6S. The molecule has 4 aliphatic rings. The average molecular weight is 527 g/mol. The molecule has 0 radical (unpaired) electrons. The molecule has 8 nitrogen and oxygen atoms in total. The highest BCUT2D eigenvalue weighted by molar-refractivity contribution is 7.99. The van der Waals surface area contributed by atoms with E-state index in [0.717, 1.165) is 44.4 Å². The van der Waals surface area contributed by atoms with Crippen molar-refractivity contribution in [1.29, 1.82) is 0 Å². The minimum Gasteiger partial charge on any atom is -0.388 e. The summed E-state index contributed by atoms with van der Waals surface area (Å²) in [5.41, 5.74) is -0.652. The summed E-state index contributed by atoms with van der Waals surface area (Å²) in [7, 11) is 0. The monoisotopic (exact) mass is 526 g/mol. The number of aliphatic hydroxyl groups excluding tert-OH is 3. The molecule has 0 aliphatic carbocycles. The Balaban J connectivity index is 1.50. The largest absolute Gasteiger partial charge is 0.388 e. The maximum absolute atomic E-state index is 13.6. The van der Waals surface area contributed by atoms with Crippen molar-refractivity contribution in [3.63, 3.8) is 0 Å². The number of aliphatic hydroxyl groups is 3. The zero-order valence-corrected chi connectivity index (χ0v) is 22.7. The van der Waals surface area contributed by atoms with Gasteiger partial charge in [0.25, 0.3) is 0 Å². The molecule has 2 bridgehead atoms. The summed E-state index contributed by atoms with van der Waals surface area (Å²) < 4.78 is 12.4. The van der Waals surface area contributed by atoms with Gasteiger partial charge in [-0.1, -0.05) is 32.9 Å². The van der Waals surface area contributed by atoms with Crippen LogP contribution in [0.3, 0.4) is 0 Å². The van der Waals surface area contributed by atoms with Gasteiger partial charge in [0.1, 0.15) is 35.9 Å². The number of hydrogen-bond acceptors (Lipinski definition) is 8. The number of allylic oxidation sites excluding steroid dienone is 1. The van der Waals surface area contributed by atoms with Crippen LogP contribution >= 0.6 is 11.8 Å². The predicted octanol–water partition coefficient (Wildman–Crippen LogP) is 1.82. The number of rotatable bonds is 4. The van der Waals surface area contributed by atoms with Crippen LogP contribution in [0.5, 0.6) is 0 Å². The normalized spacial score (nSPS) is 45.1. The fourth-order valence-electron chi connectivity index (χ4n) is 6.34. The number of ether oxygens (including phenoxy) is 2. The molecule has 0 saturated carbocycles. The fourth-order valence-corrected chi connectivity index (χ4v) is 7.51. The summed E-state index contributed by atoms with van der Waals surface area (Å²) in [6, 6.07) is -1.03. The van der Waals surface area contributed by atoms with E-state index in [1.165, 1.54) is 18.2 Å². The lowest BCUT2D eigenvalue weighted by Gasteiger charge is -2.45. The van der Waals surface area contributed by atoms with Crippen LogP contribution in [0.4, 0.5) is 0 Å². The molecule has 0 aromatic rings. The zero-order valence-electron chi connectivity index (χ0n) is 21.9. The summed E-state index contributed by atoms with van der Waals surface area (Å²) in [6.45, 7) is 7.92. The van der Waals surface area contributed by atoms with Gasteiger partial charge in [-0.3, -0.25) is 4.79 Å². The Morgan fingerprint density at radius 3 is 2.75 bits per heavy atom. The summed E-state index contributed by atoms with van der Waals surface area (Å²) in [4.78, 5) is 13.6. The number of fused-ring (bicyclic) bond motifs is 3.